The summed E-state index contributed by atoms with van der Waals surface area (Å²) in [6, 6.07) is 5.24. The molecule has 1 unspecified atom stereocenters. The Morgan fingerprint density at radius 3 is 2.79 bits per heavy atom. The average molecular weight is 326 g/mol. The van der Waals surface area contributed by atoms with Crippen molar-refractivity contribution in [1.29, 1.82) is 0 Å². The van der Waals surface area contributed by atoms with E-state index in [0.717, 1.165) is 17.8 Å². The molecule has 1 aromatic carbocycles. The van der Waals surface area contributed by atoms with Crippen molar-refractivity contribution >= 4 is 15.9 Å². The topological polar surface area (TPSA) is 29.9 Å². The lowest BCUT2D eigenvalue weighted by atomic mass is 10.1. The van der Waals surface area contributed by atoms with Crippen LogP contribution in [0.25, 0.3) is 0 Å². The van der Waals surface area contributed by atoms with Gasteiger partial charge in [0.05, 0.1) is 10.2 Å². The molecule has 2 aromatic rings. The third-order valence-electron chi connectivity index (χ3n) is 3.16. The van der Waals surface area contributed by atoms with Gasteiger partial charge in [-0.1, -0.05) is 6.07 Å². The van der Waals surface area contributed by atoms with E-state index in [2.05, 4.69) is 33.3 Å². The van der Waals surface area contributed by atoms with E-state index in [4.69, 9.17) is 0 Å². The molecule has 19 heavy (non-hydrogen) atoms. The summed E-state index contributed by atoms with van der Waals surface area (Å²) >= 11 is 3.21. The predicted octanol–water partition coefficient (Wildman–Crippen LogP) is 3.48. The standard InChI is InChI=1S/C14H17BrFN3/c1-9(11-4-5-14(16)13(15)6-11)17-7-12-8-19(3)18-10(12)2/h4-6,8-9,17H,7H2,1-3H3. The zero-order valence-electron chi connectivity index (χ0n) is 11.2. The molecule has 0 fully saturated rings. The van der Waals surface area contributed by atoms with Crippen molar-refractivity contribution in [3.8, 4) is 0 Å². The molecule has 0 aliphatic rings. The minimum Gasteiger partial charge on any atom is -0.306 e. The van der Waals surface area contributed by atoms with E-state index >= 15 is 0 Å². The number of aryl methyl sites for hydroxylation is 2. The quantitative estimate of drug-likeness (QED) is 0.932. The fourth-order valence-corrected chi connectivity index (χ4v) is 2.38. The number of rotatable bonds is 4. The summed E-state index contributed by atoms with van der Waals surface area (Å²) in [5.41, 5.74) is 3.26. The maximum Gasteiger partial charge on any atom is 0.137 e. The van der Waals surface area contributed by atoms with Crippen molar-refractivity contribution in [3.63, 3.8) is 0 Å². The molecular formula is C14H17BrFN3. The molecule has 0 radical (unpaired) electrons. The van der Waals surface area contributed by atoms with Crippen molar-refractivity contribution in [1.82, 2.24) is 15.1 Å². The fraction of sp³-hybridized carbons (Fsp3) is 0.357. The maximum atomic E-state index is 13.2. The molecule has 0 saturated carbocycles. The number of nitrogens with one attached hydrogen (secondary N) is 1. The minimum atomic E-state index is -0.237. The van der Waals surface area contributed by atoms with Crippen LogP contribution in [0.3, 0.4) is 0 Å². The Labute approximate surface area is 121 Å². The third kappa shape index (κ3) is 3.42. The van der Waals surface area contributed by atoms with E-state index in [9.17, 15) is 4.39 Å². The van der Waals surface area contributed by atoms with Crippen LogP contribution in [0.4, 0.5) is 4.39 Å². The monoisotopic (exact) mass is 325 g/mol. The molecule has 0 aliphatic heterocycles. The smallest absolute Gasteiger partial charge is 0.137 e. The van der Waals surface area contributed by atoms with Crippen LogP contribution in [0.1, 0.15) is 29.8 Å². The molecule has 0 spiro atoms. The van der Waals surface area contributed by atoms with Gasteiger partial charge in [-0.25, -0.2) is 4.39 Å². The molecule has 0 amide bonds. The lowest BCUT2D eigenvalue weighted by Crippen LogP contribution is -2.18. The third-order valence-corrected chi connectivity index (χ3v) is 3.77. The largest absolute Gasteiger partial charge is 0.306 e. The first-order chi connectivity index (χ1) is 8.97. The van der Waals surface area contributed by atoms with E-state index < -0.39 is 0 Å². The Balaban J connectivity index is 2.03. The molecule has 0 aliphatic carbocycles. The first-order valence-electron chi connectivity index (χ1n) is 6.15. The zero-order valence-corrected chi connectivity index (χ0v) is 12.8. The summed E-state index contributed by atoms with van der Waals surface area (Å²) in [7, 11) is 1.91. The van der Waals surface area contributed by atoms with Gasteiger partial charge in [-0.05, 0) is 47.5 Å². The van der Waals surface area contributed by atoms with Gasteiger partial charge in [0.2, 0.25) is 0 Å². The number of halogens is 2. The molecule has 1 N–H and O–H groups in total. The number of nitrogens with zero attached hydrogens (tertiary/aromatic N) is 2. The van der Waals surface area contributed by atoms with Gasteiger partial charge in [0.15, 0.2) is 0 Å². The fourth-order valence-electron chi connectivity index (χ4n) is 1.98. The van der Waals surface area contributed by atoms with E-state index in [1.807, 2.05) is 30.9 Å². The predicted molar refractivity (Wildman–Crippen MR) is 77.3 cm³/mol. The zero-order chi connectivity index (χ0) is 14.0. The highest BCUT2D eigenvalue weighted by Crippen LogP contribution is 2.21. The molecule has 2 rings (SSSR count). The van der Waals surface area contributed by atoms with Crippen LogP contribution < -0.4 is 5.32 Å². The van der Waals surface area contributed by atoms with Crippen LogP contribution >= 0.6 is 15.9 Å². The highest BCUT2D eigenvalue weighted by Gasteiger charge is 2.09. The van der Waals surface area contributed by atoms with E-state index in [0.29, 0.717) is 4.47 Å². The molecule has 0 bridgehead atoms. The molecular weight excluding hydrogens is 309 g/mol. The Bertz CT molecular complexity index is 580. The summed E-state index contributed by atoms with van der Waals surface area (Å²) in [4.78, 5) is 0. The second-order valence-corrected chi connectivity index (χ2v) is 5.54. The highest BCUT2D eigenvalue weighted by atomic mass is 79.9. The average Bonchev–Trinajstić information content (AvgIpc) is 2.68. The maximum absolute atomic E-state index is 13.2. The van der Waals surface area contributed by atoms with Crippen LogP contribution in [0.15, 0.2) is 28.9 Å². The molecule has 0 saturated heterocycles. The van der Waals surface area contributed by atoms with Crippen molar-refractivity contribution in [2.24, 2.45) is 7.05 Å². The molecule has 1 aromatic heterocycles. The van der Waals surface area contributed by atoms with E-state index in [1.54, 1.807) is 6.07 Å². The van der Waals surface area contributed by atoms with Crippen molar-refractivity contribution < 1.29 is 4.39 Å². The second kappa shape index (κ2) is 5.84. The molecule has 1 atom stereocenters. The highest BCUT2D eigenvalue weighted by molar-refractivity contribution is 9.10. The first-order valence-corrected chi connectivity index (χ1v) is 6.94. The summed E-state index contributed by atoms with van der Waals surface area (Å²) in [5, 5.41) is 7.73. The number of benzene rings is 1. The minimum absolute atomic E-state index is 0.150. The van der Waals surface area contributed by atoms with Gasteiger partial charge in [0.1, 0.15) is 5.82 Å². The summed E-state index contributed by atoms with van der Waals surface area (Å²) in [5.74, 6) is -0.237. The molecule has 3 nitrogen and oxygen atoms in total. The molecule has 5 heteroatoms. The summed E-state index contributed by atoms with van der Waals surface area (Å²) in [6.07, 6.45) is 2.01. The van der Waals surface area contributed by atoms with E-state index in [-0.39, 0.29) is 11.9 Å². The number of aromatic nitrogens is 2. The van der Waals surface area contributed by atoms with Crippen molar-refractivity contribution in [2.45, 2.75) is 26.4 Å². The van der Waals surface area contributed by atoms with Gasteiger partial charge in [-0.3, -0.25) is 4.68 Å². The molecule has 102 valence electrons. The van der Waals surface area contributed by atoms with Crippen LogP contribution in [-0.2, 0) is 13.6 Å². The van der Waals surface area contributed by atoms with Gasteiger partial charge in [-0.2, -0.15) is 5.10 Å². The number of hydrogen-bond donors (Lipinski definition) is 1. The second-order valence-electron chi connectivity index (χ2n) is 4.69. The summed E-state index contributed by atoms with van der Waals surface area (Å²) in [6.45, 7) is 4.80. The van der Waals surface area contributed by atoms with Crippen LogP contribution in [-0.4, -0.2) is 9.78 Å². The Morgan fingerprint density at radius 1 is 1.47 bits per heavy atom. The van der Waals surface area contributed by atoms with Gasteiger partial charge < -0.3 is 5.32 Å². The SMILES string of the molecule is Cc1nn(C)cc1CNC(C)c1ccc(F)c(Br)c1. The van der Waals surface area contributed by atoms with Crippen molar-refractivity contribution in [3.05, 3.63) is 51.5 Å². The van der Waals surface area contributed by atoms with Gasteiger partial charge >= 0.3 is 0 Å². The normalized spacial score (nSPS) is 12.7. The summed E-state index contributed by atoms with van der Waals surface area (Å²) < 4.78 is 15.5. The van der Waals surface area contributed by atoms with Crippen LogP contribution in [0, 0.1) is 12.7 Å². The Hall–Kier alpha value is -1.20. The lowest BCUT2D eigenvalue weighted by Gasteiger charge is -2.14. The van der Waals surface area contributed by atoms with E-state index in [1.165, 1.54) is 11.6 Å². The van der Waals surface area contributed by atoms with Crippen LogP contribution in [0.2, 0.25) is 0 Å². The Kier molecular flexibility index (Phi) is 4.37. The number of hydrogen-bond acceptors (Lipinski definition) is 2. The van der Waals surface area contributed by atoms with Crippen molar-refractivity contribution in [2.75, 3.05) is 0 Å². The van der Waals surface area contributed by atoms with Gasteiger partial charge in [-0.15, -0.1) is 0 Å². The van der Waals surface area contributed by atoms with Gasteiger partial charge in [0, 0.05) is 31.4 Å². The molecule has 1 heterocycles. The lowest BCUT2D eigenvalue weighted by molar-refractivity contribution is 0.568. The Morgan fingerprint density at radius 2 is 2.21 bits per heavy atom. The van der Waals surface area contributed by atoms with Crippen LogP contribution in [0.5, 0.6) is 0 Å². The first kappa shape index (κ1) is 14.2. The van der Waals surface area contributed by atoms with Gasteiger partial charge in [0.25, 0.3) is 0 Å².